The molecule has 142 valence electrons. The molecule has 0 aliphatic carbocycles. The third-order valence-corrected chi connectivity index (χ3v) is 5.23. The van der Waals surface area contributed by atoms with Crippen molar-refractivity contribution in [3.05, 3.63) is 81.2 Å². The van der Waals surface area contributed by atoms with Gasteiger partial charge in [-0.05, 0) is 41.5 Å². The van der Waals surface area contributed by atoms with E-state index in [0.717, 1.165) is 11.1 Å². The van der Waals surface area contributed by atoms with Crippen molar-refractivity contribution in [2.45, 2.75) is 0 Å². The van der Waals surface area contributed by atoms with Gasteiger partial charge in [-0.15, -0.1) is 11.3 Å². The molecule has 7 heteroatoms. The fourth-order valence-corrected chi connectivity index (χ4v) is 3.82. The van der Waals surface area contributed by atoms with Crippen LogP contribution in [0.2, 0.25) is 10.0 Å². The molecule has 0 radical (unpaired) electrons. The van der Waals surface area contributed by atoms with Gasteiger partial charge < -0.3 is 10.1 Å². The number of amides is 1. The molecule has 3 aromatic rings. The number of halogens is 2. The number of hydrogen-bond acceptors (Lipinski definition) is 4. The second-order valence-electron chi connectivity index (χ2n) is 5.73. The van der Waals surface area contributed by atoms with Gasteiger partial charge in [-0.25, -0.2) is 4.79 Å². The SMILES string of the molecule is COC(=O)c1c(-c2ccc(Cl)cc2)csc1NC(=O)C=Cc1cccc(Cl)c1. The van der Waals surface area contributed by atoms with Gasteiger partial charge in [0.25, 0.3) is 0 Å². The molecule has 0 unspecified atom stereocenters. The van der Waals surface area contributed by atoms with Crippen LogP contribution < -0.4 is 5.32 Å². The molecule has 0 aliphatic rings. The number of rotatable bonds is 5. The second kappa shape index (κ2) is 9.06. The van der Waals surface area contributed by atoms with Crippen LogP contribution in [0, 0.1) is 0 Å². The largest absolute Gasteiger partial charge is 0.465 e. The first-order chi connectivity index (χ1) is 13.5. The van der Waals surface area contributed by atoms with Crippen molar-refractivity contribution in [2.75, 3.05) is 12.4 Å². The zero-order valence-electron chi connectivity index (χ0n) is 14.7. The molecular formula is C21H15Cl2NO3S. The van der Waals surface area contributed by atoms with E-state index in [1.807, 2.05) is 18.2 Å². The van der Waals surface area contributed by atoms with Gasteiger partial charge in [-0.2, -0.15) is 0 Å². The van der Waals surface area contributed by atoms with E-state index in [9.17, 15) is 9.59 Å². The van der Waals surface area contributed by atoms with Crippen molar-refractivity contribution < 1.29 is 14.3 Å². The van der Waals surface area contributed by atoms with Crippen LogP contribution in [0.4, 0.5) is 5.00 Å². The summed E-state index contributed by atoms with van der Waals surface area (Å²) in [6, 6.07) is 14.2. The highest BCUT2D eigenvalue weighted by Gasteiger charge is 2.21. The van der Waals surface area contributed by atoms with E-state index in [4.69, 9.17) is 27.9 Å². The number of carbonyl (C=O) groups is 2. The van der Waals surface area contributed by atoms with E-state index < -0.39 is 5.97 Å². The number of methoxy groups -OCH3 is 1. The topological polar surface area (TPSA) is 55.4 Å². The Morgan fingerprint density at radius 1 is 1.07 bits per heavy atom. The zero-order chi connectivity index (χ0) is 20.1. The first-order valence-corrected chi connectivity index (χ1v) is 9.82. The number of nitrogens with one attached hydrogen (secondary N) is 1. The predicted molar refractivity (Wildman–Crippen MR) is 115 cm³/mol. The Labute approximate surface area is 176 Å². The third kappa shape index (κ3) is 4.81. The van der Waals surface area contributed by atoms with E-state index in [1.54, 1.807) is 41.8 Å². The molecule has 3 rings (SSSR count). The summed E-state index contributed by atoms with van der Waals surface area (Å²) >= 11 is 13.1. The fraction of sp³-hybridized carbons (Fsp3) is 0.0476. The Balaban J connectivity index is 1.86. The van der Waals surface area contributed by atoms with Crippen LogP contribution in [0.15, 0.2) is 60.0 Å². The first kappa shape index (κ1) is 20.1. The lowest BCUT2D eigenvalue weighted by molar-refractivity contribution is -0.111. The van der Waals surface area contributed by atoms with Crippen molar-refractivity contribution >= 4 is 57.5 Å². The Morgan fingerprint density at radius 2 is 1.82 bits per heavy atom. The molecule has 1 amide bonds. The molecule has 2 aromatic carbocycles. The Bertz CT molecular complexity index is 1040. The average Bonchev–Trinajstić information content (AvgIpc) is 3.10. The standard InChI is InChI=1S/C21H15Cl2NO3S/c1-27-21(26)19-17(14-6-8-15(22)9-7-14)12-28-20(19)24-18(25)10-5-13-3-2-4-16(23)11-13/h2-12H,1H3,(H,24,25). The predicted octanol–water partition coefficient (Wildman–Crippen LogP) is 6.16. The summed E-state index contributed by atoms with van der Waals surface area (Å²) in [5, 5.41) is 6.14. The smallest absolute Gasteiger partial charge is 0.341 e. The number of benzene rings is 2. The molecule has 1 N–H and O–H groups in total. The molecule has 0 saturated carbocycles. The molecule has 1 aromatic heterocycles. The second-order valence-corrected chi connectivity index (χ2v) is 7.48. The highest BCUT2D eigenvalue weighted by molar-refractivity contribution is 7.15. The quantitative estimate of drug-likeness (QED) is 0.388. The lowest BCUT2D eigenvalue weighted by Gasteiger charge is -2.07. The van der Waals surface area contributed by atoms with Gasteiger partial charge in [-0.3, -0.25) is 4.79 Å². The van der Waals surface area contributed by atoms with Crippen LogP contribution in [0.1, 0.15) is 15.9 Å². The Hall–Kier alpha value is -2.60. The van der Waals surface area contributed by atoms with Gasteiger partial charge in [-0.1, -0.05) is 47.5 Å². The summed E-state index contributed by atoms with van der Waals surface area (Å²) in [6.45, 7) is 0. The minimum atomic E-state index is -0.527. The summed E-state index contributed by atoms with van der Waals surface area (Å²) in [4.78, 5) is 24.7. The average molecular weight is 432 g/mol. The maximum Gasteiger partial charge on any atom is 0.341 e. The van der Waals surface area contributed by atoms with Gasteiger partial charge in [0, 0.05) is 27.1 Å². The van der Waals surface area contributed by atoms with E-state index in [2.05, 4.69) is 5.32 Å². The fourth-order valence-electron chi connectivity index (χ4n) is 2.53. The van der Waals surface area contributed by atoms with Crippen LogP contribution in [0.5, 0.6) is 0 Å². The molecule has 1 heterocycles. The molecule has 4 nitrogen and oxygen atoms in total. The summed E-state index contributed by atoms with van der Waals surface area (Å²) in [6.07, 6.45) is 3.03. The maximum absolute atomic E-state index is 12.3. The van der Waals surface area contributed by atoms with Crippen LogP contribution in [-0.2, 0) is 9.53 Å². The monoisotopic (exact) mass is 431 g/mol. The van der Waals surface area contributed by atoms with Crippen molar-refractivity contribution in [2.24, 2.45) is 0 Å². The maximum atomic E-state index is 12.3. The van der Waals surface area contributed by atoms with E-state index >= 15 is 0 Å². The van der Waals surface area contributed by atoms with Gasteiger partial charge in [0.15, 0.2) is 0 Å². The number of ether oxygens (including phenoxy) is 1. The Morgan fingerprint density at radius 3 is 2.50 bits per heavy atom. The lowest BCUT2D eigenvalue weighted by Crippen LogP contribution is -2.11. The highest BCUT2D eigenvalue weighted by Crippen LogP contribution is 2.36. The molecule has 0 aliphatic heterocycles. The van der Waals surface area contributed by atoms with E-state index in [1.165, 1.54) is 24.5 Å². The van der Waals surface area contributed by atoms with Gasteiger partial charge >= 0.3 is 5.97 Å². The van der Waals surface area contributed by atoms with Gasteiger partial charge in [0.1, 0.15) is 10.6 Å². The normalized spacial score (nSPS) is 10.8. The minimum Gasteiger partial charge on any atom is -0.465 e. The molecular weight excluding hydrogens is 417 g/mol. The summed E-state index contributed by atoms with van der Waals surface area (Å²) < 4.78 is 4.90. The van der Waals surface area contributed by atoms with E-state index in [0.29, 0.717) is 26.2 Å². The summed E-state index contributed by atoms with van der Waals surface area (Å²) in [7, 11) is 1.30. The minimum absolute atomic E-state index is 0.305. The van der Waals surface area contributed by atoms with E-state index in [-0.39, 0.29) is 5.91 Å². The molecule has 0 saturated heterocycles. The lowest BCUT2D eigenvalue weighted by atomic mass is 10.0. The van der Waals surface area contributed by atoms with Crippen LogP contribution in [0.25, 0.3) is 17.2 Å². The Kier molecular flexibility index (Phi) is 6.52. The van der Waals surface area contributed by atoms with Crippen LogP contribution >= 0.6 is 34.5 Å². The summed E-state index contributed by atoms with van der Waals surface area (Å²) in [5.74, 6) is -0.894. The molecule has 0 fully saturated rings. The van der Waals surface area contributed by atoms with Gasteiger partial charge in [0.05, 0.1) is 7.11 Å². The first-order valence-electron chi connectivity index (χ1n) is 8.18. The number of anilines is 1. The zero-order valence-corrected chi connectivity index (χ0v) is 17.1. The highest BCUT2D eigenvalue weighted by atomic mass is 35.5. The van der Waals surface area contributed by atoms with Crippen molar-refractivity contribution in [3.63, 3.8) is 0 Å². The number of esters is 1. The van der Waals surface area contributed by atoms with Crippen LogP contribution in [0.3, 0.4) is 0 Å². The molecule has 0 spiro atoms. The molecule has 0 bridgehead atoms. The van der Waals surface area contributed by atoms with Crippen molar-refractivity contribution in [3.8, 4) is 11.1 Å². The van der Waals surface area contributed by atoms with Crippen LogP contribution in [-0.4, -0.2) is 19.0 Å². The third-order valence-electron chi connectivity index (χ3n) is 3.85. The molecule has 0 atom stereocenters. The molecule has 28 heavy (non-hydrogen) atoms. The number of hydrogen-bond donors (Lipinski definition) is 1. The summed E-state index contributed by atoms with van der Waals surface area (Å²) in [5.41, 5.74) is 2.57. The van der Waals surface area contributed by atoms with Gasteiger partial charge in [0.2, 0.25) is 5.91 Å². The van der Waals surface area contributed by atoms with Crippen molar-refractivity contribution in [1.29, 1.82) is 0 Å². The van der Waals surface area contributed by atoms with Crippen molar-refractivity contribution in [1.82, 2.24) is 0 Å². The number of carbonyl (C=O) groups excluding carboxylic acids is 2. The number of thiophene rings is 1.